The van der Waals surface area contributed by atoms with Crippen molar-refractivity contribution in [1.29, 1.82) is 0 Å². The maximum atomic E-state index is 11.3. The number of nitrogens with zero attached hydrogens (tertiary/aromatic N) is 1. The molecule has 30 heavy (non-hydrogen) atoms. The van der Waals surface area contributed by atoms with E-state index in [0.29, 0.717) is 22.5 Å². The van der Waals surface area contributed by atoms with Crippen LogP contribution in [-0.2, 0) is 14.4 Å². The van der Waals surface area contributed by atoms with Crippen LogP contribution in [0.4, 0.5) is 0 Å². The summed E-state index contributed by atoms with van der Waals surface area (Å²) in [5.74, 6) is -0.781. The largest absolute Gasteiger partial charge is 0.424 e. The van der Waals surface area contributed by atoms with Crippen LogP contribution < -0.4 is 14.2 Å². The minimum atomic E-state index is -0.529. The summed E-state index contributed by atoms with van der Waals surface area (Å²) < 4.78 is 15.4. The fraction of sp³-hybridized carbons (Fsp3) is 0.130. The second kappa shape index (κ2) is 9.00. The second-order valence-corrected chi connectivity index (χ2v) is 6.38. The molecule has 1 aromatic heterocycles. The lowest BCUT2D eigenvalue weighted by Gasteiger charge is -2.09. The van der Waals surface area contributed by atoms with E-state index in [2.05, 4.69) is 4.98 Å². The van der Waals surface area contributed by atoms with Crippen molar-refractivity contribution < 1.29 is 28.6 Å². The number of carbonyl (C=O) groups excluding carboxylic acids is 3. The monoisotopic (exact) mass is 405 g/mol. The van der Waals surface area contributed by atoms with Gasteiger partial charge >= 0.3 is 17.9 Å². The topological polar surface area (TPSA) is 91.8 Å². The Bertz CT molecular complexity index is 1170. The average molecular weight is 405 g/mol. The number of benzene rings is 2. The maximum Gasteiger partial charge on any atom is 0.308 e. The second-order valence-electron chi connectivity index (χ2n) is 6.38. The molecular weight excluding hydrogens is 386 g/mol. The fourth-order valence-electron chi connectivity index (χ4n) is 2.75. The number of esters is 3. The van der Waals surface area contributed by atoms with Crippen molar-refractivity contribution in [3.05, 3.63) is 59.8 Å². The Labute approximate surface area is 172 Å². The van der Waals surface area contributed by atoms with E-state index in [1.54, 1.807) is 42.5 Å². The number of ether oxygens (including phenoxy) is 3. The first-order valence-corrected chi connectivity index (χ1v) is 9.09. The molecule has 3 aromatic rings. The van der Waals surface area contributed by atoms with Crippen molar-refractivity contribution in [2.75, 3.05) is 0 Å². The van der Waals surface area contributed by atoms with Crippen LogP contribution in [0.15, 0.2) is 48.5 Å². The summed E-state index contributed by atoms with van der Waals surface area (Å²) in [7, 11) is 0. The smallest absolute Gasteiger partial charge is 0.308 e. The zero-order chi connectivity index (χ0) is 21.7. The molecule has 0 aliphatic rings. The summed E-state index contributed by atoms with van der Waals surface area (Å²) in [5.41, 5.74) is 1.91. The van der Waals surface area contributed by atoms with Gasteiger partial charge in [0.1, 0.15) is 5.52 Å². The van der Waals surface area contributed by atoms with Crippen LogP contribution in [0.2, 0.25) is 0 Å². The van der Waals surface area contributed by atoms with Gasteiger partial charge in [-0.2, -0.15) is 0 Å². The van der Waals surface area contributed by atoms with Gasteiger partial charge in [-0.05, 0) is 35.9 Å². The van der Waals surface area contributed by atoms with E-state index in [-0.39, 0.29) is 11.5 Å². The summed E-state index contributed by atoms with van der Waals surface area (Å²) in [6, 6.07) is 13.9. The van der Waals surface area contributed by atoms with E-state index in [1.807, 2.05) is 18.2 Å². The molecule has 0 unspecified atom stereocenters. The van der Waals surface area contributed by atoms with Gasteiger partial charge in [0.05, 0.1) is 5.69 Å². The van der Waals surface area contributed by atoms with Crippen molar-refractivity contribution in [2.24, 2.45) is 0 Å². The third-order valence-corrected chi connectivity index (χ3v) is 3.88. The van der Waals surface area contributed by atoms with Crippen LogP contribution in [0, 0.1) is 0 Å². The number of carbonyl (C=O) groups is 3. The van der Waals surface area contributed by atoms with Crippen molar-refractivity contribution in [3.63, 3.8) is 0 Å². The van der Waals surface area contributed by atoms with E-state index < -0.39 is 17.9 Å². The van der Waals surface area contributed by atoms with Gasteiger partial charge in [0, 0.05) is 26.2 Å². The molecule has 0 saturated heterocycles. The quantitative estimate of drug-likeness (QED) is 0.464. The normalized spacial score (nSPS) is 10.8. The van der Waals surface area contributed by atoms with Crippen LogP contribution in [-0.4, -0.2) is 22.9 Å². The average Bonchev–Trinajstić information content (AvgIpc) is 2.67. The molecular formula is C23H19NO6. The highest BCUT2D eigenvalue weighted by molar-refractivity contribution is 5.88. The zero-order valence-corrected chi connectivity index (χ0v) is 16.7. The molecule has 0 N–H and O–H groups in total. The summed E-state index contributed by atoms with van der Waals surface area (Å²) in [6.45, 7) is 3.86. The van der Waals surface area contributed by atoms with Crippen molar-refractivity contribution in [1.82, 2.24) is 4.98 Å². The molecule has 7 heteroatoms. The van der Waals surface area contributed by atoms with Gasteiger partial charge in [0.25, 0.3) is 0 Å². The lowest BCUT2D eigenvalue weighted by Crippen LogP contribution is -2.07. The van der Waals surface area contributed by atoms with Crippen LogP contribution in [0.5, 0.6) is 17.2 Å². The van der Waals surface area contributed by atoms with E-state index >= 15 is 0 Å². The first-order chi connectivity index (χ1) is 14.3. The molecule has 0 amide bonds. The van der Waals surface area contributed by atoms with Crippen LogP contribution in [0.1, 0.15) is 32.0 Å². The first kappa shape index (κ1) is 20.7. The number of aromatic nitrogens is 1. The number of rotatable bonds is 5. The van der Waals surface area contributed by atoms with E-state index in [4.69, 9.17) is 14.2 Å². The molecule has 3 rings (SSSR count). The van der Waals surface area contributed by atoms with Gasteiger partial charge in [-0.3, -0.25) is 14.4 Å². The molecule has 1 heterocycles. The van der Waals surface area contributed by atoms with Gasteiger partial charge < -0.3 is 14.2 Å². The van der Waals surface area contributed by atoms with Crippen LogP contribution >= 0.6 is 0 Å². The number of hydrogen-bond donors (Lipinski definition) is 0. The molecule has 0 bridgehead atoms. The van der Waals surface area contributed by atoms with Crippen LogP contribution in [0.3, 0.4) is 0 Å². The molecule has 0 spiro atoms. The molecule has 0 atom stereocenters. The minimum absolute atomic E-state index is 0.142. The van der Waals surface area contributed by atoms with Gasteiger partial charge in [0.15, 0.2) is 17.2 Å². The highest BCUT2D eigenvalue weighted by Crippen LogP contribution is 2.30. The molecule has 7 nitrogen and oxygen atoms in total. The first-order valence-electron chi connectivity index (χ1n) is 9.09. The molecule has 0 radical (unpaired) electrons. The Morgan fingerprint density at radius 2 is 1.40 bits per heavy atom. The van der Waals surface area contributed by atoms with E-state index in [9.17, 15) is 14.4 Å². The Morgan fingerprint density at radius 1 is 0.733 bits per heavy atom. The molecule has 0 saturated carbocycles. The fourth-order valence-corrected chi connectivity index (χ4v) is 2.75. The third-order valence-electron chi connectivity index (χ3n) is 3.88. The van der Waals surface area contributed by atoms with E-state index in [1.165, 1.54) is 20.8 Å². The van der Waals surface area contributed by atoms with E-state index in [0.717, 1.165) is 5.39 Å². The Kier molecular flexibility index (Phi) is 6.22. The van der Waals surface area contributed by atoms with Crippen molar-refractivity contribution in [3.8, 4) is 17.2 Å². The highest BCUT2D eigenvalue weighted by atomic mass is 16.6. The predicted molar refractivity (Wildman–Crippen MR) is 111 cm³/mol. The summed E-state index contributed by atoms with van der Waals surface area (Å²) >= 11 is 0. The Hall–Kier alpha value is -4.00. The predicted octanol–water partition coefficient (Wildman–Crippen LogP) is 4.18. The molecule has 0 aliphatic heterocycles. The molecule has 2 aromatic carbocycles. The van der Waals surface area contributed by atoms with Gasteiger partial charge in [-0.1, -0.05) is 30.3 Å². The summed E-state index contributed by atoms with van der Waals surface area (Å²) in [5, 5.41) is 0.841. The Balaban J connectivity index is 1.92. The number of pyridine rings is 1. The maximum absolute atomic E-state index is 11.3. The third kappa shape index (κ3) is 5.29. The lowest BCUT2D eigenvalue weighted by atomic mass is 10.1. The SMILES string of the molecule is CC(=O)Oc1ccc(C=Cc2ccc3cccc(OC(C)=O)c3n2)cc1OC(C)=O. The highest BCUT2D eigenvalue weighted by Gasteiger charge is 2.11. The standard InChI is InChI=1S/C23H19NO6/c1-14(25)28-20-12-8-17(13-22(20)30-16(3)27)7-10-19-11-9-18-5-4-6-21(23(18)24-19)29-15(2)26/h4-13H,1-3H3. The number of hydrogen-bond acceptors (Lipinski definition) is 7. The summed E-state index contributed by atoms with van der Waals surface area (Å²) in [4.78, 5) is 38.5. The number of fused-ring (bicyclic) bond motifs is 1. The summed E-state index contributed by atoms with van der Waals surface area (Å²) in [6.07, 6.45) is 3.54. The van der Waals surface area contributed by atoms with Crippen LogP contribution in [0.25, 0.3) is 23.1 Å². The van der Waals surface area contributed by atoms with Gasteiger partial charge in [-0.15, -0.1) is 0 Å². The Morgan fingerprint density at radius 3 is 2.10 bits per heavy atom. The molecule has 0 fully saturated rings. The van der Waals surface area contributed by atoms with Gasteiger partial charge in [-0.25, -0.2) is 4.98 Å². The number of para-hydroxylation sites is 1. The lowest BCUT2D eigenvalue weighted by molar-refractivity contribution is -0.134. The minimum Gasteiger partial charge on any atom is -0.424 e. The molecule has 0 aliphatic carbocycles. The van der Waals surface area contributed by atoms with Crippen molar-refractivity contribution >= 4 is 41.0 Å². The zero-order valence-electron chi connectivity index (χ0n) is 16.7. The molecule has 152 valence electrons. The van der Waals surface area contributed by atoms with Crippen molar-refractivity contribution in [2.45, 2.75) is 20.8 Å². The van der Waals surface area contributed by atoms with Gasteiger partial charge in [0.2, 0.25) is 0 Å².